The number of nitrogens with one attached hydrogen (secondary N) is 1. The Kier molecular flexibility index (Phi) is 3.10. The molecule has 6 heteroatoms. The maximum absolute atomic E-state index is 4.39. The van der Waals surface area contributed by atoms with Gasteiger partial charge in [-0.05, 0) is 19.8 Å². The highest BCUT2D eigenvalue weighted by Gasteiger charge is 2.20. The number of hydrogen-bond acceptors (Lipinski definition) is 4. The lowest BCUT2D eigenvalue weighted by Gasteiger charge is -2.03. The van der Waals surface area contributed by atoms with Crippen molar-refractivity contribution in [3.8, 4) is 0 Å². The summed E-state index contributed by atoms with van der Waals surface area (Å²) in [6.45, 7) is 4.57. The van der Waals surface area contributed by atoms with Gasteiger partial charge in [0.2, 0.25) is 0 Å². The molecule has 18 heavy (non-hydrogen) atoms. The average Bonchev–Trinajstić information content (AvgIpc) is 2.93. The zero-order valence-corrected chi connectivity index (χ0v) is 10.6. The summed E-state index contributed by atoms with van der Waals surface area (Å²) in [5, 5.41) is 11.5. The van der Waals surface area contributed by atoms with Crippen molar-refractivity contribution < 1.29 is 0 Å². The molecule has 1 aliphatic rings. The minimum atomic E-state index is 0.721. The lowest BCUT2D eigenvalue weighted by Crippen LogP contribution is -2.15. The molecular formula is C12H18N6. The maximum Gasteiger partial charge on any atom is 0.152 e. The van der Waals surface area contributed by atoms with Crippen molar-refractivity contribution in [2.24, 2.45) is 0 Å². The van der Waals surface area contributed by atoms with Gasteiger partial charge in [-0.25, -0.2) is 4.98 Å². The molecule has 0 spiro atoms. The second-order valence-electron chi connectivity index (χ2n) is 4.73. The topological polar surface area (TPSA) is 60.6 Å². The molecule has 1 fully saturated rings. The Balaban J connectivity index is 1.61. The minimum absolute atomic E-state index is 0.721. The average molecular weight is 246 g/mol. The van der Waals surface area contributed by atoms with E-state index in [9.17, 15) is 0 Å². The second-order valence-corrected chi connectivity index (χ2v) is 4.73. The summed E-state index contributed by atoms with van der Waals surface area (Å²) >= 11 is 0. The van der Waals surface area contributed by atoms with Crippen molar-refractivity contribution in [1.82, 2.24) is 29.6 Å². The van der Waals surface area contributed by atoms with E-state index in [0.29, 0.717) is 0 Å². The van der Waals surface area contributed by atoms with Crippen LogP contribution in [0.3, 0.4) is 0 Å². The lowest BCUT2D eigenvalue weighted by atomic mass is 10.4. The summed E-state index contributed by atoms with van der Waals surface area (Å²) < 4.78 is 4.10. The first kappa shape index (κ1) is 11.4. The second kappa shape index (κ2) is 4.89. The Morgan fingerprint density at radius 3 is 3.06 bits per heavy atom. The molecule has 6 nitrogen and oxygen atoms in total. The molecule has 2 heterocycles. The fraction of sp³-hybridized carbons (Fsp3) is 0.583. The van der Waals surface area contributed by atoms with Crippen molar-refractivity contribution in [1.29, 1.82) is 0 Å². The summed E-state index contributed by atoms with van der Waals surface area (Å²) in [4.78, 5) is 4.39. The summed E-state index contributed by atoms with van der Waals surface area (Å²) in [5.74, 6) is 0.969. The number of imidazole rings is 1. The van der Waals surface area contributed by atoms with Crippen molar-refractivity contribution >= 4 is 0 Å². The Hall–Kier alpha value is -1.69. The molecule has 1 aliphatic carbocycles. The summed E-state index contributed by atoms with van der Waals surface area (Å²) in [7, 11) is 0. The third-order valence-electron chi connectivity index (χ3n) is 3.20. The molecule has 0 amide bonds. The van der Waals surface area contributed by atoms with Gasteiger partial charge in [0.1, 0.15) is 6.33 Å². The molecule has 2 aromatic heterocycles. The van der Waals surface area contributed by atoms with Crippen molar-refractivity contribution in [2.45, 2.75) is 45.4 Å². The quantitative estimate of drug-likeness (QED) is 0.819. The van der Waals surface area contributed by atoms with Gasteiger partial charge in [0.25, 0.3) is 0 Å². The van der Waals surface area contributed by atoms with Gasteiger partial charge in [0.05, 0.1) is 18.6 Å². The minimum Gasteiger partial charge on any atom is -0.329 e. The van der Waals surface area contributed by atoms with Crippen LogP contribution in [0.15, 0.2) is 18.9 Å². The molecule has 0 radical (unpaired) electrons. The zero-order chi connectivity index (χ0) is 12.4. The summed E-state index contributed by atoms with van der Waals surface area (Å²) in [6, 6.07) is 0.721. The van der Waals surface area contributed by atoms with E-state index in [1.807, 2.05) is 10.9 Å². The molecule has 0 aromatic carbocycles. The van der Waals surface area contributed by atoms with Crippen LogP contribution in [0.2, 0.25) is 0 Å². The first-order valence-electron chi connectivity index (χ1n) is 6.46. The smallest absolute Gasteiger partial charge is 0.152 e. The van der Waals surface area contributed by atoms with Gasteiger partial charge in [-0.2, -0.15) is 0 Å². The molecule has 1 saturated carbocycles. The third kappa shape index (κ3) is 2.59. The molecule has 0 unspecified atom stereocenters. The molecule has 2 aromatic rings. The fourth-order valence-electron chi connectivity index (χ4n) is 1.95. The molecular weight excluding hydrogens is 228 g/mol. The predicted octanol–water partition coefficient (Wildman–Crippen LogP) is 0.795. The largest absolute Gasteiger partial charge is 0.329 e. The standard InChI is InChI=1S/C12H18N6/c1-2-18-9-15-16-12(18)7-17-6-11(14-8-17)5-13-10-3-4-10/h6,8-10,13H,2-5,7H2,1H3. The number of rotatable bonds is 6. The van der Waals surface area contributed by atoms with Gasteiger partial charge >= 0.3 is 0 Å². The highest BCUT2D eigenvalue weighted by atomic mass is 15.3. The van der Waals surface area contributed by atoms with E-state index >= 15 is 0 Å². The van der Waals surface area contributed by atoms with E-state index in [2.05, 4.69) is 38.2 Å². The van der Waals surface area contributed by atoms with E-state index in [-0.39, 0.29) is 0 Å². The van der Waals surface area contributed by atoms with Crippen molar-refractivity contribution in [2.75, 3.05) is 0 Å². The number of aromatic nitrogens is 5. The molecule has 0 saturated heterocycles. The van der Waals surface area contributed by atoms with Crippen LogP contribution in [0, 0.1) is 0 Å². The van der Waals surface area contributed by atoms with Crippen LogP contribution in [-0.2, 0) is 19.6 Å². The van der Waals surface area contributed by atoms with Crippen LogP contribution in [0.25, 0.3) is 0 Å². The number of hydrogen-bond donors (Lipinski definition) is 1. The molecule has 96 valence electrons. The molecule has 1 N–H and O–H groups in total. The highest BCUT2D eigenvalue weighted by Crippen LogP contribution is 2.18. The number of aryl methyl sites for hydroxylation is 1. The van der Waals surface area contributed by atoms with E-state index in [1.54, 1.807) is 6.33 Å². The highest BCUT2D eigenvalue weighted by molar-refractivity contribution is 5.00. The third-order valence-corrected chi connectivity index (χ3v) is 3.20. The van der Waals surface area contributed by atoms with Crippen LogP contribution < -0.4 is 5.32 Å². The summed E-state index contributed by atoms with van der Waals surface area (Å²) in [5.41, 5.74) is 1.09. The summed E-state index contributed by atoms with van der Waals surface area (Å²) in [6.07, 6.45) is 8.31. The monoisotopic (exact) mass is 246 g/mol. The fourth-order valence-corrected chi connectivity index (χ4v) is 1.95. The molecule has 0 bridgehead atoms. The van der Waals surface area contributed by atoms with E-state index in [1.165, 1.54) is 12.8 Å². The van der Waals surface area contributed by atoms with Crippen LogP contribution in [-0.4, -0.2) is 30.4 Å². The van der Waals surface area contributed by atoms with Gasteiger partial charge in [-0.1, -0.05) is 0 Å². The first-order valence-corrected chi connectivity index (χ1v) is 6.46. The zero-order valence-electron chi connectivity index (χ0n) is 10.6. The van der Waals surface area contributed by atoms with Gasteiger partial charge in [0.15, 0.2) is 5.82 Å². The molecule has 0 aliphatic heterocycles. The normalized spacial score (nSPS) is 15.2. The van der Waals surface area contributed by atoms with Gasteiger partial charge < -0.3 is 14.5 Å². The SMILES string of the molecule is CCn1cnnc1Cn1cnc(CNC2CC2)c1. The van der Waals surface area contributed by atoms with Crippen LogP contribution in [0.4, 0.5) is 0 Å². The van der Waals surface area contributed by atoms with Crippen molar-refractivity contribution in [3.05, 3.63) is 30.4 Å². The Labute approximate surface area is 106 Å². The van der Waals surface area contributed by atoms with E-state index in [4.69, 9.17) is 0 Å². The van der Waals surface area contributed by atoms with Crippen LogP contribution >= 0.6 is 0 Å². The van der Waals surface area contributed by atoms with E-state index in [0.717, 1.165) is 37.2 Å². The van der Waals surface area contributed by atoms with Crippen LogP contribution in [0.5, 0.6) is 0 Å². The van der Waals surface area contributed by atoms with Crippen LogP contribution in [0.1, 0.15) is 31.3 Å². The first-order chi connectivity index (χ1) is 8.85. The Morgan fingerprint density at radius 1 is 1.39 bits per heavy atom. The van der Waals surface area contributed by atoms with E-state index < -0.39 is 0 Å². The van der Waals surface area contributed by atoms with Gasteiger partial charge in [0, 0.05) is 25.3 Å². The van der Waals surface area contributed by atoms with Crippen molar-refractivity contribution in [3.63, 3.8) is 0 Å². The molecule has 3 rings (SSSR count). The maximum atomic E-state index is 4.39. The number of nitrogens with zero attached hydrogens (tertiary/aromatic N) is 5. The molecule has 0 atom stereocenters. The Morgan fingerprint density at radius 2 is 2.28 bits per heavy atom. The van der Waals surface area contributed by atoms with Gasteiger partial charge in [-0.3, -0.25) is 0 Å². The van der Waals surface area contributed by atoms with Gasteiger partial charge in [-0.15, -0.1) is 10.2 Å². The predicted molar refractivity (Wildman–Crippen MR) is 66.9 cm³/mol. The Bertz CT molecular complexity index is 510. The lowest BCUT2D eigenvalue weighted by molar-refractivity contribution is 0.648.